The van der Waals surface area contributed by atoms with Crippen molar-refractivity contribution in [3.8, 4) is 5.75 Å². The zero-order valence-corrected chi connectivity index (χ0v) is 13.1. The molecule has 4 nitrogen and oxygen atoms in total. The fourth-order valence-corrected chi connectivity index (χ4v) is 4.85. The van der Waals surface area contributed by atoms with Gasteiger partial charge < -0.3 is 14.6 Å². The van der Waals surface area contributed by atoms with Crippen LogP contribution in [-0.4, -0.2) is 16.8 Å². The number of fused-ring (bicyclic) bond motifs is 3. The topological polar surface area (TPSA) is 70.7 Å². The molecule has 0 aliphatic heterocycles. The number of aromatic hydroxyl groups is 1. The van der Waals surface area contributed by atoms with Gasteiger partial charge in [0.25, 0.3) is 0 Å². The number of phenolic OH excluding ortho intramolecular Hbond substituents is 1. The summed E-state index contributed by atoms with van der Waals surface area (Å²) in [6, 6.07) is 4.89. The molecular weight excluding hydrogens is 330 g/mol. The van der Waals surface area contributed by atoms with Gasteiger partial charge >= 0.3 is 5.63 Å². The molecule has 3 aromatic rings. The van der Waals surface area contributed by atoms with E-state index in [2.05, 4.69) is 0 Å². The third-order valence-corrected chi connectivity index (χ3v) is 5.89. The fraction of sp³-hybridized carbons (Fsp3) is 0.316. The maximum Gasteiger partial charge on any atom is 0.344 e. The van der Waals surface area contributed by atoms with E-state index < -0.39 is 23.0 Å². The lowest BCUT2D eigenvalue weighted by atomic mass is 9.34. The first-order chi connectivity index (χ1) is 11.9. The molecule has 0 atom stereocenters. The lowest BCUT2D eigenvalue weighted by Crippen LogP contribution is -2.66. The van der Waals surface area contributed by atoms with Crippen LogP contribution in [0.25, 0.3) is 21.7 Å². The zero-order chi connectivity index (χ0) is 17.6. The lowest BCUT2D eigenvalue weighted by Gasteiger charge is -2.70. The molecule has 3 aliphatic carbocycles. The number of benzene rings is 2. The van der Waals surface area contributed by atoms with Crippen LogP contribution in [0, 0.1) is 17.0 Å². The average molecular weight is 344 g/mol. The van der Waals surface area contributed by atoms with E-state index in [4.69, 9.17) is 4.42 Å². The van der Waals surface area contributed by atoms with E-state index in [0.717, 1.165) is 31.4 Å². The van der Waals surface area contributed by atoms with Crippen LogP contribution in [0.2, 0.25) is 0 Å². The van der Waals surface area contributed by atoms with Crippen molar-refractivity contribution in [1.29, 1.82) is 0 Å². The van der Waals surface area contributed by atoms with Crippen LogP contribution in [0.3, 0.4) is 0 Å². The third kappa shape index (κ3) is 1.75. The summed E-state index contributed by atoms with van der Waals surface area (Å²) in [6.45, 7) is 0.117. The van der Waals surface area contributed by atoms with Gasteiger partial charge in [-0.2, -0.15) is 0 Å². The van der Waals surface area contributed by atoms with Crippen molar-refractivity contribution in [1.82, 2.24) is 0 Å². The van der Waals surface area contributed by atoms with Gasteiger partial charge in [-0.3, -0.25) is 0 Å². The van der Waals surface area contributed by atoms with E-state index >= 15 is 0 Å². The molecule has 1 heterocycles. The predicted octanol–water partition coefficient (Wildman–Crippen LogP) is 3.34. The largest absolute Gasteiger partial charge is 0.508 e. The highest BCUT2D eigenvalue weighted by Gasteiger charge is 2.67. The van der Waals surface area contributed by atoms with Crippen molar-refractivity contribution < 1.29 is 23.4 Å². The van der Waals surface area contributed by atoms with Crippen LogP contribution in [0.4, 0.5) is 8.78 Å². The summed E-state index contributed by atoms with van der Waals surface area (Å²) >= 11 is 0. The van der Waals surface area contributed by atoms with E-state index in [9.17, 15) is 23.8 Å². The maximum absolute atomic E-state index is 14.9. The molecule has 6 rings (SSSR count). The Bertz CT molecular complexity index is 1110. The molecule has 128 valence electrons. The first-order valence-corrected chi connectivity index (χ1v) is 8.06. The lowest BCUT2D eigenvalue weighted by molar-refractivity contribution is -0.167. The number of aliphatic hydroxyl groups is 1. The van der Waals surface area contributed by atoms with Crippen LogP contribution in [0.1, 0.15) is 24.8 Å². The first kappa shape index (κ1) is 14.8. The summed E-state index contributed by atoms with van der Waals surface area (Å²) in [5.41, 5.74) is -0.516. The minimum Gasteiger partial charge on any atom is -0.508 e. The van der Waals surface area contributed by atoms with Gasteiger partial charge in [0.2, 0.25) is 0 Å². The molecule has 2 aromatic carbocycles. The average Bonchev–Trinajstić information content (AvgIpc) is 2.45. The SMILES string of the molecule is O=c1oc2cc(O)cc(F)c2c2c(F)cc(C34CC(CO)(C3)C4)cc12. The highest BCUT2D eigenvalue weighted by atomic mass is 19.1. The minimum atomic E-state index is -0.847. The van der Waals surface area contributed by atoms with Crippen molar-refractivity contribution in [2.75, 3.05) is 6.61 Å². The molecule has 1 aromatic heterocycles. The molecule has 0 radical (unpaired) electrons. The normalized spacial score (nSPS) is 27.3. The van der Waals surface area contributed by atoms with Crippen molar-refractivity contribution >= 4 is 21.7 Å². The van der Waals surface area contributed by atoms with Crippen LogP contribution < -0.4 is 5.63 Å². The van der Waals surface area contributed by atoms with Crippen LogP contribution in [0.15, 0.2) is 33.5 Å². The Morgan fingerprint density at radius 2 is 1.72 bits per heavy atom. The predicted molar refractivity (Wildman–Crippen MR) is 86.6 cm³/mol. The van der Waals surface area contributed by atoms with Crippen LogP contribution in [-0.2, 0) is 5.41 Å². The van der Waals surface area contributed by atoms with Crippen LogP contribution >= 0.6 is 0 Å². The Morgan fingerprint density at radius 3 is 2.40 bits per heavy atom. The van der Waals surface area contributed by atoms with Gasteiger partial charge in [0, 0.05) is 24.1 Å². The smallest absolute Gasteiger partial charge is 0.344 e. The number of halogens is 2. The Hall–Kier alpha value is -2.47. The standard InChI is InChI=1S/C19H14F2O4/c20-12-2-9(19-5-18(6-19,7-19)8-22)1-11-15(12)16-13(21)3-10(23)4-14(16)25-17(11)24/h1-4,22-23H,5-8H2. The molecule has 2 N–H and O–H groups in total. The molecule has 2 bridgehead atoms. The van der Waals surface area contributed by atoms with Gasteiger partial charge in [-0.15, -0.1) is 0 Å². The van der Waals surface area contributed by atoms with Crippen molar-refractivity contribution in [2.24, 2.45) is 5.41 Å². The summed E-state index contributed by atoms with van der Waals surface area (Å²) in [6.07, 6.45) is 2.30. The molecule has 0 spiro atoms. The summed E-state index contributed by atoms with van der Waals surface area (Å²) in [5.74, 6) is -1.93. The van der Waals surface area contributed by atoms with Gasteiger partial charge in [-0.05, 0) is 47.8 Å². The monoisotopic (exact) mass is 344 g/mol. The second-order valence-electron chi connectivity index (χ2n) is 7.54. The Kier molecular flexibility index (Phi) is 2.60. The molecule has 6 heteroatoms. The maximum atomic E-state index is 14.9. The number of hydrogen-bond acceptors (Lipinski definition) is 4. The van der Waals surface area contributed by atoms with Crippen molar-refractivity contribution in [2.45, 2.75) is 24.7 Å². The van der Waals surface area contributed by atoms with E-state index in [1.807, 2.05) is 0 Å². The summed E-state index contributed by atoms with van der Waals surface area (Å²) in [7, 11) is 0. The highest BCUT2D eigenvalue weighted by Crippen LogP contribution is 2.73. The first-order valence-electron chi connectivity index (χ1n) is 8.06. The second-order valence-corrected chi connectivity index (χ2v) is 7.54. The van der Waals surface area contributed by atoms with Crippen molar-refractivity contribution in [3.63, 3.8) is 0 Å². The second kappa shape index (κ2) is 4.38. The Morgan fingerprint density at radius 1 is 1.04 bits per heavy atom. The Balaban J connectivity index is 1.78. The molecule has 3 saturated carbocycles. The van der Waals surface area contributed by atoms with Gasteiger partial charge in [-0.1, -0.05) is 0 Å². The number of hydrogen-bond donors (Lipinski definition) is 2. The highest BCUT2D eigenvalue weighted by molar-refractivity contribution is 6.05. The number of rotatable bonds is 2. The van der Waals surface area contributed by atoms with Gasteiger partial charge in [-0.25, -0.2) is 13.6 Å². The molecule has 0 unspecified atom stereocenters. The number of aliphatic hydroxyl groups excluding tert-OH is 1. The zero-order valence-electron chi connectivity index (χ0n) is 13.1. The third-order valence-electron chi connectivity index (χ3n) is 5.89. The van der Waals surface area contributed by atoms with E-state index in [1.165, 1.54) is 6.07 Å². The fourth-order valence-electron chi connectivity index (χ4n) is 4.85. The van der Waals surface area contributed by atoms with Crippen molar-refractivity contribution in [3.05, 3.63) is 51.9 Å². The van der Waals surface area contributed by atoms with E-state index in [-0.39, 0.29) is 39.2 Å². The van der Waals surface area contributed by atoms with Gasteiger partial charge in [0.1, 0.15) is 23.0 Å². The summed E-state index contributed by atoms with van der Waals surface area (Å²) in [5, 5.41) is 18.6. The number of phenols is 1. The van der Waals surface area contributed by atoms with Gasteiger partial charge in [0.05, 0.1) is 10.8 Å². The van der Waals surface area contributed by atoms with E-state index in [0.29, 0.717) is 5.56 Å². The molecular formula is C19H14F2O4. The molecule has 3 fully saturated rings. The summed E-state index contributed by atoms with van der Waals surface area (Å²) < 4.78 is 34.3. The summed E-state index contributed by atoms with van der Waals surface area (Å²) in [4.78, 5) is 12.3. The van der Waals surface area contributed by atoms with Gasteiger partial charge in [0.15, 0.2) is 0 Å². The molecule has 25 heavy (non-hydrogen) atoms. The minimum absolute atomic E-state index is 0.00476. The quantitative estimate of drug-likeness (QED) is 0.552. The Labute approximate surface area is 140 Å². The molecule has 0 saturated heterocycles. The molecule has 0 amide bonds. The van der Waals surface area contributed by atoms with E-state index in [1.54, 1.807) is 6.07 Å². The molecule has 3 aliphatic rings. The van der Waals surface area contributed by atoms with Crippen LogP contribution in [0.5, 0.6) is 5.75 Å².